The summed E-state index contributed by atoms with van der Waals surface area (Å²) in [6.45, 7) is 0.487. The SMILES string of the molecule is NNc1ncc(C(=O)NCCNC(N)=O)cc1Cl. The van der Waals surface area contributed by atoms with Crippen LogP contribution < -0.4 is 27.6 Å². The fourth-order valence-corrected chi connectivity index (χ4v) is 1.35. The van der Waals surface area contributed by atoms with Crippen molar-refractivity contribution in [1.29, 1.82) is 0 Å². The zero-order valence-corrected chi connectivity index (χ0v) is 10.1. The number of carbonyl (C=O) groups excluding carboxylic acids is 2. The predicted molar refractivity (Wildman–Crippen MR) is 67.0 cm³/mol. The molecule has 0 aliphatic heterocycles. The fourth-order valence-electron chi connectivity index (χ4n) is 1.13. The summed E-state index contributed by atoms with van der Waals surface area (Å²) in [4.78, 5) is 25.9. The molecule has 8 nitrogen and oxygen atoms in total. The summed E-state index contributed by atoms with van der Waals surface area (Å²) in [5.74, 6) is 5.07. The first-order valence-electron chi connectivity index (χ1n) is 4.98. The zero-order chi connectivity index (χ0) is 13.5. The van der Waals surface area contributed by atoms with Crippen molar-refractivity contribution >= 4 is 29.4 Å². The molecule has 0 aromatic carbocycles. The van der Waals surface area contributed by atoms with Crippen LogP contribution in [0.25, 0.3) is 0 Å². The van der Waals surface area contributed by atoms with Crippen molar-refractivity contribution in [2.45, 2.75) is 0 Å². The minimum absolute atomic E-state index is 0.236. The van der Waals surface area contributed by atoms with Gasteiger partial charge in [-0.15, -0.1) is 0 Å². The summed E-state index contributed by atoms with van der Waals surface area (Å²) in [6.07, 6.45) is 1.33. The molecule has 0 bridgehead atoms. The number of anilines is 1. The van der Waals surface area contributed by atoms with Crippen molar-refractivity contribution in [2.75, 3.05) is 18.5 Å². The van der Waals surface area contributed by atoms with Gasteiger partial charge < -0.3 is 21.8 Å². The number of hydrogen-bond donors (Lipinski definition) is 5. The van der Waals surface area contributed by atoms with Gasteiger partial charge in [0.25, 0.3) is 5.91 Å². The van der Waals surface area contributed by atoms with E-state index < -0.39 is 6.03 Å². The van der Waals surface area contributed by atoms with Gasteiger partial charge in [-0.05, 0) is 6.07 Å². The molecule has 1 aromatic rings. The van der Waals surface area contributed by atoms with E-state index in [1.165, 1.54) is 12.3 Å². The Morgan fingerprint density at radius 1 is 1.33 bits per heavy atom. The lowest BCUT2D eigenvalue weighted by Gasteiger charge is -2.07. The Morgan fingerprint density at radius 2 is 2.00 bits per heavy atom. The lowest BCUT2D eigenvalue weighted by molar-refractivity contribution is 0.0953. The zero-order valence-electron chi connectivity index (χ0n) is 9.37. The van der Waals surface area contributed by atoms with Crippen LogP contribution >= 0.6 is 11.6 Å². The predicted octanol–water partition coefficient (Wildman–Crippen LogP) is -0.581. The summed E-state index contributed by atoms with van der Waals surface area (Å²) in [5, 5.41) is 5.13. The maximum absolute atomic E-state index is 11.6. The summed E-state index contributed by atoms with van der Waals surface area (Å²) >= 11 is 5.82. The van der Waals surface area contributed by atoms with Crippen molar-refractivity contribution in [2.24, 2.45) is 11.6 Å². The topological polar surface area (TPSA) is 135 Å². The fraction of sp³-hybridized carbons (Fsp3) is 0.222. The van der Waals surface area contributed by atoms with Gasteiger partial charge in [-0.25, -0.2) is 15.6 Å². The second-order valence-electron chi connectivity index (χ2n) is 3.25. The van der Waals surface area contributed by atoms with Crippen LogP contribution in [-0.2, 0) is 0 Å². The maximum atomic E-state index is 11.6. The van der Waals surface area contributed by atoms with Crippen molar-refractivity contribution < 1.29 is 9.59 Å². The molecule has 18 heavy (non-hydrogen) atoms. The first-order valence-corrected chi connectivity index (χ1v) is 5.36. The quantitative estimate of drug-likeness (QED) is 0.278. The lowest BCUT2D eigenvalue weighted by atomic mass is 10.2. The van der Waals surface area contributed by atoms with Gasteiger partial charge in [0.15, 0.2) is 5.82 Å². The second kappa shape index (κ2) is 6.62. The van der Waals surface area contributed by atoms with E-state index in [1.54, 1.807) is 0 Å². The van der Waals surface area contributed by atoms with Crippen LogP contribution in [0, 0.1) is 0 Å². The van der Waals surface area contributed by atoms with Gasteiger partial charge in [0.1, 0.15) is 0 Å². The first-order chi connectivity index (χ1) is 8.54. The number of aromatic nitrogens is 1. The number of nitrogens with two attached hydrogens (primary N) is 2. The summed E-state index contributed by atoms with van der Waals surface area (Å²) in [7, 11) is 0. The molecular weight excluding hydrogens is 260 g/mol. The van der Waals surface area contributed by atoms with Gasteiger partial charge in [-0.3, -0.25) is 4.79 Å². The molecule has 1 heterocycles. The number of halogens is 1. The molecule has 1 rings (SSSR count). The summed E-state index contributed by atoms with van der Waals surface area (Å²) in [5.41, 5.74) is 7.44. The Balaban J connectivity index is 2.51. The van der Waals surface area contributed by atoms with E-state index in [1.807, 2.05) is 0 Å². The maximum Gasteiger partial charge on any atom is 0.312 e. The average molecular weight is 273 g/mol. The number of hydrogen-bond acceptors (Lipinski definition) is 5. The van der Waals surface area contributed by atoms with Gasteiger partial charge in [-0.2, -0.15) is 0 Å². The highest BCUT2D eigenvalue weighted by Gasteiger charge is 2.08. The summed E-state index contributed by atoms with van der Waals surface area (Å²) < 4.78 is 0. The van der Waals surface area contributed by atoms with Crippen LogP contribution in [0.2, 0.25) is 5.02 Å². The van der Waals surface area contributed by atoms with Gasteiger partial charge in [0, 0.05) is 19.3 Å². The van der Waals surface area contributed by atoms with E-state index in [4.69, 9.17) is 23.2 Å². The molecule has 0 atom stereocenters. The van der Waals surface area contributed by atoms with Crippen LogP contribution in [0.4, 0.5) is 10.6 Å². The Hall–Kier alpha value is -2.06. The Labute approximate surface area is 108 Å². The van der Waals surface area contributed by atoms with E-state index in [0.717, 1.165) is 0 Å². The molecule has 7 N–H and O–H groups in total. The number of nitrogens with zero attached hydrogens (tertiary/aromatic N) is 1. The van der Waals surface area contributed by atoms with Gasteiger partial charge in [0.2, 0.25) is 0 Å². The molecule has 1 aromatic heterocycles. The molecule has 0 fully saturated rings. The van der Waals surface area contributed by atoms with Crippen molar-refractivity contribution in [3.8, 4) is 0 Å². The molecule has 98 valence electrons. The van der Waals surface area contributed by atoms with E-state index in [9.17, 15) is 9.59 Å². The third-order valence-electron chi connectivity index (χ3n) is 1.95. The van der Waals surface area contributed by atoms with Crippen LogP contribution in [0.1, 0.15) is 10.4 Å². The number of nitrogens with one attached hydrogen (secondary N) is 3. The Bertz CT molecular complexity index is 453. The molecule has 0 spiro atoms. The number of nitrogen functional groups attached to an aromatic ring is 1. The number of primary amides is 1. The number of carbonyl (C=O) groups is 2. The largest absolute Gasteiger partial charge is 0.352 e. The van der Waals surface area contributed by atoms with E-state index in [0.29, 0.717) is 0 Å². The van der Waals surface area contributed by atoms with Crippen molar-refractivity contribution in [3.05, 3.63) is 22.8 Å². The van der Waals surface area contributed by atoms with Crippen molar-refractivity contribution in [3.63, 3.8) is 0 Å². The Morgan fingerprint density at radius 3 is 2.56 bits per heavy atom. The molecule has 0 saturated carbocycles. The highest BCUT2D eigenvalue weighted by molar-refractivity contribution is 6.33. The molecular formula is C9H13ClN6O2. The number of hydrazine groups is 1. The first kappa shape index (κ1) is 14.0. The summed E-state index contributed by atoms with van der Waals surface area (Å²) in [6, 6.07) is 0.785. The molecule has 0 aliphatic carbocycles. The standard InChI is InChI=1S/C9H13ClN6O2/c10-6-3-5(4-15-7(6)16-12)8(17)13-1-2-14-9(11)18/h3-4H,1-2,12H2,(H,13,17)(H,15,16)(H3,11,14,18). The normalized spacial score (nSPS) is 9.67. The number of amides is 3. The second-order valence-corrected chi connectivity index (χ2v) is 3.65. The van der Waals surface area contributed by atoms with Crippen LogP contribution in [0.15, 0.2) is 12.3 Å². The third-order valence-corrected chi connectivity index (χ3v) is 2.24. The van der Waals surface area contributed by atoms with Crippen LogP contribution in [-0.4, -0.2) is 30.0 Å². The van der Waals surface area contributed by atoms with Crippen LogP contribution in [0.3, 0.4) is 0 Å². The molecule has 0 aliphatic rings. The Kier molecular flexibility index (Phi) is 5.15. The molecule has 0 unspecified atom stereocenters. The average Bonchev–Trinajstić information content (AvgIpc) is 2.34. The van der Waals surface area contributed by atoms with E-state index in [2.05, 4.69) is 21.0 Å². The number of pyridine rings is 1. The molecule has 0 saturated heterocycles. The number of rotatable bonds is 5. The van der Waals surface area contributed by atoms with Crippen LogP contribution in [0.5, 0.6) is 0 Å². The third kappa shape index (κ3) is 4.07. The lowest BCUT2D eigenvalue weighted by Crippen LogP contribution is -2.37. The molecule has 3 amide bonds. The smallest absolute Gasteiger partial charge is 0.312 e. The molecule has 0 radical (unpaired) electrons. The van der Waals surface area contributed by atoms with E-state index in [-0.39, 0.29) is 35.4 Å². The minimum Gasteiger partial charge on any atom is -0.352 e. The van der Waals surface area contributed by atoms with E-state index >= 15 is 0 Å². The minimum atomic E-state index is -0.646. The molecule has 9 heteroatoms. The number of urea groups is 1. The van der Waals surface area contributed by atoms with Gasteiger partial charge in [0.05, 0.1) is 10.6 Å². The van der Waals surface area contributed by atoms with Gasteiger partial charge >= 0.3 is 6.03 Å². The van der Waals surface area contributed by atoms with Crippen molar-refractivity contribution in [1.82, 2.24) is 15.6 Å². The van der Waals surface area contributed by atoms with Gasteiger partial charge in [-0.1, -0.05) is 11.6 Å². The monoisotopic (exact) mass is 272 g/mol. The highest BCUT2D eigenvalue weighted by atomic mass is 35.5. The highest BCUT2D eigenvalue weighted by Crippen LogP contribution is 2.18.